The van der Waals surface area contributed by atoms with Crippen LogP contribution in [0.15, 0.2) is 29.0 Å². The van der Waals surface area contributed by atoms with Gasteiger partial charge in [-0.25, -0.2) is 19.3 Å². The minimum absolute atomic E-state index is 0.0493. The van der Waals surface area contributed by atoms with E-state index < -0.39 is 5.41 Å². The van der Waals surface area contributed by atoms with Crippen molar-refractivity contribution in [3.05, 3.63) is 63.8 Å². The van der Waals surface area contributed by atoms with Crippen molar-refractivity contribution in [3.8, 4) is 23.4 Å². The Labute approximate surface area is 306 Å². The van der Waals surface area contributed by atoms with E-state index in [1.54, 1.807) is 4.68 Å². The van der Waals surface area contributed by atoms with Gasteiger partial charge in [0.15, 0.2) is 34.4 Å². The second kappa shape index (κ2) is 12.2. The van der Waals surface area contributed by atoms with Crippen LogP contribution in [0.2, 0.25) is 0 Å². The molecular weight excluding hydrogens is 671 g/mol. The Kier molecular flexibility index (Phi) is 7.49. The van der Waals surface area contributed by atoms with Gasteiger partial charge in [-0.2, -0.15) is 15.5 Å². The molecule has 3 aliphatic heterocycles. The van der Waals surface area contributed by atoms with Gasteiger partial charge in [-0.1, -0.05) is 11.2 Å². The molecule has 53 heavy (non-hydrogen) atoms. The summed E-state index contributed by atoms with van der Waals surface area (Å²) < 4.78 is 15.7. The lowest BCUT2D eigenvalue weighted by molar-refractivity contribution is 0.0629. The first-order valence-electron chi connectivity index (χ1n) is 19.1. The largest absolute Gasteiger partial charge is 0.398 e. The molecule has 7 heterocycles. The number of nitrogens with zero attached hydrogens (tertiary/aromatic N) is 10. The highest BCUT2D eigenvalue weighted by Crippen LogP contribution is 2.53. The molecule has 14 heteroatoms. The molecule has 1 aromatic carbocycles. The second-order valence-electron chi connectivity index (χ2n) is 15.6. The van der Waals surface area contributed by atoms with E-state index in [1.807, 2.05) is 28.0 Å². The number of benzene rings is 1. The first-order chi connectivity index (χ1) is 25.9. The predicted molar refractivity (Wildman–Crippen MR) is 194 cm³/mol. The average Bonchev–Trinajstić information content (AvgIpc) is 4.02. The number of aryl methyl sites for hydroxylation is 1. The number of nitriles is 1. The summed E-state index contributed by atoms with van der Waals surface area (Å²) in [5, 5.41) is 25.6. The fraction of sp³-hybridized carbons (Fsp3) is 0.513. The molecule has 0 unspecified atom stereocenters. The first kappa shape index (κ1) is 32.5. The lowest BCUT2D eigenvalue weighted by Crippen LogP contribution is -2.45. The highest BCUT2D eigenvalue weighted by Gasteiger charge is 2.48. The van der Waals surface area contributed by atoms with Gasteiger partial charge in [-0.15, -0.1) is 0 Å². The fourth-order valence-electron chi connectivity index (χ4n) is 10.2. The fourth-order valence-corrected chi connectivity index (χ4v) is 10.2. The van der Waals surface area contributed by atoms with Crippen LogP contribution in [0.4, 0.5) is 5.69 Å². The van der Waals surface area contributed by atoms with Crippen LogP contribution in [0.3, 0.4) is 0 Å². The number of hydrogen-bond donors (Lipinski definition) is 1. The molecule has 14 nitrogen and oxygen atoms in total. The van der Waals surface area contributed by atoms with Crippen molar-refractivity contribution in [1.29, 1.82) is 5.26 Å². The number of carbonyl (C=O) groups excluding carboxylic acids is 1. The smallest absolute Gasteiger partial charge is 0.274 e. The number of anilines is 1. The minimum Gasteiger partial charge on any atom is -0.398 e. The summed E-state index contributed by atoms with van der Waals surface area (Å²) in [7, 11) is 2.17. The van der Waals surface area contributed by atoms with E-state index >= 15 is 0 Å². The number of rotatable bonds is 5. The number of ether oxygens (including phenoxy) is 1. The van der Waals surface area contributed by atoms with Crippen LogP contribution in [-0.4, -0.2) is 95.8 Å². The Bertz CT molecular complexity index is 2320. The molecule has 0 saturated carbocycles. The molecule has 2 N–H and O–H groups in total. The van der Waals surface area contributed by atoms with Crippen molar-refractivity contribution in [2.24, 2.45) is 0 Å². The maximum Gasteiger partial charge on any atom is 0.274 e. The standard InChI is InChI=1S/C39H43N11O3/c1-22(30-8-5-15-47(30)2)50-37-28(19-42-50)36(49-20-24-11-16-48(25-12-17-52-21-25)38(51)32(24)45-49)43-35(44-37)33-26-7-4-14-39(34(26)53-46-33)13-3-6-23-9-10-29(41)27(18-40)31(23)39/h9-10,19-20,22,25,30H,3-8,11-17,21,41H2,1-2H3/t22-,25+,30-,39+/m0/s1. The zero-order valence-electron chi connectivity index (χ0n) is 30.2. The van der Waals surface area contributed by atoms with Gasteiger partial charge in [0.1, 0.15) is 6.07 Å². The van der Waals surface area contributed by atoms with Crippen LogP contribution in [0.5, 0.6) is 0 Å². The van der Waals surface area contributed by atoms with Gasteiger partial charge >= 0.3 is 0 Å². The Balaban J connectivity index is 1.13. The molecular formula is C39H43N11O3. The van der Waals surface area contributed by atoms with Crippen molar-refractivity contribution in [1.82, 2.24) is 44.5 Å². The number of likely N-dealkylation sites (tertiary alicyclic amines) is 1. The van der Waals surface area contributed by atoms with E-state index in [0.717, 1.165) is 97.7 Å². The van der Waals surface area contributed by atoms with Gasteiger partial charge in [-0.3, -0.25) is 4.79 Å². The summed E-state index contributed by atoms with van der Waals surface area (Å²) in [4.78, 5) is 28.5. The highest BCUT2D eigenvalue weighted by atomic mass is 16.5. The molecule has 5 aliphatic rings. The van der Waals surface area contributed by atoms with E-state index in [4.69, 9.17) is 40.3 Å². The molecule has 2 aliphatic carbocycles. The topological polar surface area (TPSA) is 170 Å². The quantitative estimate of drug-likeness (QED) is 0.254. The third kappa shape index (κ3) is 4.82. The van der Waals surface area contributed by atoms with Gasteiger partial charge in [0.05, 0.1) is 41.3 Å². The summed E-state index contributed by atoms with van der Waals surface area (Å²) in [6.45, 7) is 5.11. The van der Waals surface area contributed by atoms with E-state index in [2.05, 4.69) is 31.0 Å². The normalized spacial score (nSPS) is 24.8. The summed E-state index contributed by atoms with van der Waals surface area (Å²) in [5.41, 5.74) is 12.7. The molecule has 272 valence electrons. The Morgan fingerprint density at radius 1 is 1.06 bits per heavy atom. The van der Waals surface area contributed by atoms with Crippen molar-refractivity contribution in [2.45, 2.75) is 94.7 Å². The van der Waals surface area contributed by atoms with Crippen molar-refractivity contribution in [3.63, 3.8) is 0 Å². The van der Waals surface area contributed by atoms with Crippen LogP contribution in [0.25, 0.3) is 28.4 Å². The summed E-state index contributed by atoms with van der Waals surface area (Å²) >= 11 is 0. The minimum atomic E-state index is -0.499. The van der Waals surface area contributed by atoms with Crippen molar-refractivity contribution in [2.75, 3.05) is 39.1 Å². The molecule has 2 fully saturated rings. The van der Waals surface area contributed by atoms with Crippen molar-refractivity contribution >= 4 is 22.6 Å². The molecule has 1 amide bonds. The van der Waals surface area contributed by atoms with E-state index in [1.165, 1.54) is 0 Å². The second-order valence-corrected chi connectivity index (χ2v) is 15.6. The number of aromatic nitrogens is 7. The molecule has 0 bridgehead atoms. The number of nitrogens with two attached hydrogens (primary N) is 1. The summed E-state index contributed by atoms with van der Waals surface area (Å²) in [6.07, 6.45) is 12.7. The maximum absolute atomic E-state index is 13.8. The van der Waals surface area contributed by atoms with Gasteiger partial charge in [0.25, 0.3) is 5.91 Å². The Morgan fingerprint density at radius 3 is 2.72 bits per heavy atom. The molecule has 4 atom stereocenters. The van der Waals surface area contributed by atoms with Gasteiger partial charge in [0.2, 0.25) is 0 Å². The number of carbonyl (C=O) groups is 1. The molecule has 2 saturated heterocycles. The Morgan fingerprint density at radius 2 is 1.92 bits per heavy atom. The van der Waals surface area contributed by atoms with Crippen LogP contribution in [0.1, 0.15) is 102 Å². The SMILES string of the molecule is C[C@@H]([C@@H]1CCCN1C)n1ncc2c(-n3cc4c(n3)C(=O)N([C@@H]3CCOC3)CC4)nc(-c3noc4c3CCC[C@@]43CCCc4ccc(N)c(C#N)c43)nc21. The summed E-state index contributed by atoms with van der Waals surface area (Å²) in [5.74, 6) is 1.70. The zero-order valence-corrected chi connectivity index (χ0v) is 30.2. The van der Waals surface area contributed by atoms with Crippen molar-refractivity contribution < 1.29 is 14.1 Å². The number of fused-ring (bicyclic) bond motifs is 6. The maximum atomic E-state index is 13.8. The zero-order chi connectivity index (χ0) is 36.0. The van der Waals surface area contributed by atoms with E-state index in [9.17, 15) is 10.1 Å². The molecule has 10 rings (SSSR count). The number of amides is 1. The molecule has 0 radical (unpaired) electrons. The average molecular weight is 714 g/mol. The summed E-state index contributed by atoms with van der Waals surface area (Å²) in [6, 6.07) is 6.78. The molecule has 1 spiro atoms. The Hall–Kier alpha value is -5.13. The van der Waals surface area contributed by atoms with Crippen LogP contribution < -0.4 is 5.73 Å². The lowest BCUT2D eigenvalue weighted by atomic mass is 9.61. The number of likely N-dealkylation sites (N-methyl/N-ethyl adjacent to an activating group) is 1. The van der Waals surface area contributed by atoms with Gasteiger partial charge < -0.3 is 24.8 Å². The van der Waals surface area contributed by atoms with E-state index in [0.29, 0.717) is 72.1 Å². The van der Waals surface area contributed by atoms with Crippen LogP contribution >= 0.6 is 0 Å². The number of hydrogen-bond acceptors (Lipinski definition) is 11. The third-order valence-electron chi connectivity index (χ3n) is 12.8. The number of nitrogen functional groups attached to an aromatic ring is 1. The van der Waals surface area contributed by atoms with E-state index in [-0.39, 0.29) is 18.0 Å². The van der Waals surface area contributed by atoms with Gasteiger partial charge in [0, 0.05) is 42.2 Å². The van der Waals surface area contributed by atoms with Gasteiger partial charge in [-0.05, 0) is 102 Å². The molecule has 5 aromatic rings. The highest BCUT2D eigenvalue weighted by molar-refractivity contribution is 5.95. The lowest BCUT2D eigenvalue weighted by Gasteiger charge is -2.41. The van der Waals surface area contributed by atoms with Crippen LogP contribution in [0, 0.1) is 11.3 Å². The monoisotopic (exact) mass is 713 g/mol. The predicted octanol–water partition coefficient (Wildman–Crippen LogP) is 4.52. The first-order valence-corrected chi connectivity index (χ1v) is 19.1. The molecule has 4 aromatic heterocycles. The van der Waals surface area contributed by atoms with Crippen LogP contribution in [-0.2, 0) is 29.4 Å². The third-order valence-corrected chi connectivity index (χ3v) is 12.8.